The van der Waals surface area contributed by atoms with Crippen molar-refractivity contribution in [3.63, 3.8) is 0 Å². The van der Waals surface area contributed by atoms with Crippen LogP contribution >= 0.6 is 22.6 Å². The summed E-state index contributed by atoms with van der Waals surface area (Å²) in [7, 11) is 0. The molecule has 0 heterocycles. The van der Waals surface area contributed by atoms with Crippen LogP contribution in [0.15, 0.2) is 59.7 Å². The highest BCUT2D eigenvalue weighted by atomic mass is 127. The van der Waals surface area contributed by atoms with E-state index in [2.05, 4.69) is 40.0 Å². The van der Waals surface area contributed by atoms with E-state index in [4.69, 9.17) is 0 Å². The van der Waals surface area contributed by atoms with Crippen molar-refractivity contribution in [2.45, 2.75) is 26.2 Å². The van der Waals surface area contributed by atoms with E-state index in [-0.39, 0.29) is 5.91 Å². The first-order chi connectivity index (χ1) is 10.7. The van der Waals surface area contributed by atoms with Crippen molar-refractivity contribution in [1.29, 1.82) is 0 Å². The predicted molar refractivity (Wildman–Crippen MR) is 99.1 cm³/mol. The maximum atomic E-state index is 12.2. The molecule has 1 N–H and O–H groups in total. The van der Waals surface area contributed by atoms with E-state index >= 15 is 0 Å². The van der Waals surface area contributed by atoms with Gasteiger partial charge >= 0.3 is 0 Å². The first-order valence-electron chi connectivity index (χ1n) is 7.38. The number of hydrazone groups is 1. The van der Waals surface area contributed by atoms with Crippen LogP contribution in [0, 0.1) is 3.57 Å². The van der Waals surface area contributed by atoms with Crippen molar-refractivity contribution in [2.75, 3.05) is 0 Å². The average Bonchev–Trinajstić information content (AvgIpc) is 2.55. The smallest absolute Gasteiger partial charge is 0.267 e. The Morgan fingerprint density at radius 1 is 1.09 bits per heavy atom. The van der Waals surface area contributed by atoms with Gasteiger partial charge in [0.05, 0.1) is 5.71 Å². The molecule has 0 saturated heterocycles. The van der Waals surface area contributed by atoms with Crippen molar-refractivity contribution in [3.05, 3.63) is 69.3 Å². The van der Waals surface area contributed by atoms with Crippen molar-refractivity contribution >= 4 is 34.2 Å². The zero-order valence-electron chi connectivity index (χ0n) is 12.6. The summed E-state index contributed by atoms with van der Waals surface area (Å²) >= 11 is 2.19. The Kier molecular flexibility index (Phi) is 6.58. The van der Waals surface area contributed by atoms with Crippen LogP contribution in [0.25, 0.3) is 0 Å². The molecular weight excluding hydrogens is 387 g/mol. The molecule has 0 saturated carbocycles. The van der Waals surface area contributed by atoms with Gasteiger partial charge in [-0.25, -0.2) is 5.43 Å². The van der Waals surface area contributed by atoms with E-state index in [1.807, 2.05) is 48.5 Å². The molecule has 1 amide bonds. The largest absolute Gasteiger partial charge is 0.271 e. The molecule has 0 fully saturated rings. The number of carbonyl (C=O) groups excluding carboxylic acids is 1. The minimum atomic E-state index is -0.177. The van der Waals surface area contributed by atoms with E-state index in [0.717, 1.165) is 34.1 Å². The fourth-order valence-corrected chi connectivity index (χ4v) is 2.60. The summed E-state index contributed by atoms with van der Waals surface area (Å²) in [5.74, 6) is -0.177. The maximum absolute atomic E-state index is 12.2. The summed E-state index contributed by atoms with van der Waals surface area (Å²) < 4.78 is 1.03. The monoisotopic (exact) mass is 406 g/mol. The molecule has 4 heteroatoms. The summed E-state index contributed by atoms with van der Waals surface area (Å²) in [6.07, 6.45) is 3.00. The molecule has 3 nitrogen and oxygen atoms in total. The molecule has 22 heavy (non-hydrogen) atoms. The number of amides is 1. The second-order valence-electron chi connectivity index (χ2n) is 4.98. The SMILES string of the molecule is CCCCC(=NNC(=O)c1cccc(I)c1)c1ccccc1. The topological polar surface area (TPSA) is 41.5 Å². The molecule has 0 aliphatic rings. The van der Waals surface area contributed by atoms with Crippen LogP contribution in [0.5, 0.6) is 0 Å². The molecule has 0 atom stereocenters. The van der Waals surface area contributed by atoms with Gasteiger partial charge < -0.3 is 0 Å². The number of rotatable bonds is 6. The minimum Gasteiger partial charge on any atom is -0.267 e. The Morgan fingerprint density at radius 2 is 1.82 bits per heavy atom. The third-order valence-electron chi connectivity index (χ3n) is 3.25. The van der Waals surface area contributed by atoms with E-state index in [9.17, 15) is 4.79 Å². The normalized spacial score (nSPS) is 11.3. The number of unbranched alkanes of at least 4 members (excludes halogenated alkanes) is 1. The number of halogens is 1. The van der Waals surface area contributed by atoms with Gasteiger partial charge in [0.2, 0.25) is 0 Å². The second kappa shape index (κ2) is 8.68. The van der Waals surface area contributed by atoms with Gasteiger partial charge in [0.1, 0.15) is 0 Å². The minimum absolute atomic E-state index is 0.177. The van der Waals surface area contributed by atoms with Crippen LogP contribution in [0.1, 0.15) is 42.1 Å². The number of benzene rings is 2. The van der Waals surface area contributed by atoms with Crippen LogP contribution in [0.2, 0.25) is 0 Å². The second-order valence-corrected chi connectivity index (χ2v) is 6.22. The highest BCUT2D eigenvalue weighted by Gasteiger charge is 2.07. The van der Waals surface area contributed by atoms with E-state index in [0.29, 0.717) is 5.56 Å². The Hall–Kier alpha value is -1.69. The molecule has 2 aromatic rings. The summed E-state index contributed by atoms with van der Waals surface area (Å²) in [5, 5.41) is 4.35. The predicted octanol–water partition coefficient (Wildman–Crippen LogP) is 4.62. The molecule has 0 aromatic heterocycles. The van der Waals surface area contributed by atoms with Gasteiger partial charge in [-0.3, -0.25) is 4.79 Å². The molecule has 0 aliphatic carbocycles. The lowest BCUT2D eigenvalue weighted by molar-refractivity contribution is 0.0954. The number of hydrogen-bond acceptors (Lipinski definition) is 2. The lowest BCUT2D eigenvalue weighted by Crippen LogP contribution is -2.20. The third-order valence-corrected chi connectivity index (χ3v) is 3.92. The Labute approximate surface area is 145 Å². The highest BCUT2D eigenvalue weighted by Crippen LogP contribution is 2.09. The molecule has 2 rings (SSSR count). The Balaban J connectivity index is 2.14. The first-order valence-corrected chi connectivity index (χ1v) is 8.46. The zero-order valence-corrected chi connectivity index (χ0v) is 14.7. The van der Waals surface area contributed by atoms with Crippen molar-refractivity contribution in [3.8, 4) is 0 Å². The maximum Gasteiger partial charge on any atom is 0.271 e. The molecule has 0 radical (unpaired) electrons. The van der Waals surface area contributed by atoms with Gasteiger partial charge in [-0.15, -0.1) is 0 Å². The summed E-state index contributed by atoms with van der Waals surface area (Å²) in [6.45, 7) is 2.15. The number of nitrogens with one attached hydrogen (secondary N) is 1. The molecule has 0 unspecified atom stereocenters. The lowest BCUT2D eigenvalue weighted by atomic mass is 10.1. The van der Waals surface area contributed by atoms with Gasteiger partial charge in [-0.05, 0) is 59.2 Å². The fourth-order valence-electron chi connectivity index (χ4n) is 2.05. The van der Waals surface area contributed by atoms with Crippen LogP contribution < -0.4 is 5.43 Å². The highest BCUT2D eigenvalue weighted by molar-refractivity contribution is 14.1. The Bertz CT molecular complexity index is 653. The zero-order chi connectivity index (χ0) is 15.8. The fraction of sp³-hybridized carbons (Fsp3) is 0.222. The van der Waals surface area contributed by atoms with Crippen molar-refractivity contribution in [2.24, 2.45) is 5.10 Å². The van der Waals surface area contributed by atoms with Gasteiger partial charge in [0, 0.05) is 9.13 Å². The standard InChI is InChI=1S/C18H19IN2O/c1-2-3-12-17(14-8-5-4-6-9-14)20-21-18(22)15-10-7-11-16(19)13-15/h4-11,13H,2-3,12H2,1H3,(H,21,22). The van der Waals surface area contributed by atoms with E-state index in [1.54, 1.807) is 6.07 Å². The van der Waals surface area contributed by atoms with Crippen LogP contribution in [0.4, 0.5) is 0 Å². The van der Waals surface area contributed by atoms with Gasteiger partial charge in [-0.2, -0.15) is 5.10 Å². The number of nitrogens with zero attached hydrogens (tertiary/aromatic N) is 1. The first kappa shape index (κ1) is 16.7. The Morgan fingerprint density at radius 3 is 2.50 bits per heavy atom. The number of carbonyl (C=O) groups is 1. The molecule has 0 aliphatic heterocycles. The molecule has 2 aromatic carbocycles. The van der Waals surface area contributed by atoms with Crippen LogP contribution in [-0.4, -0.2) is 11.6 Å². The molecular formula is C18H19IN2O. The van der Waals surface area contributed by atoms with Gasteiger partial charge in [-0.1, -0.05) is 49.7 Å². The van der Waals surface area contributed by atoms with E-state index in [1.165, 1.54) is 0 Å². The van der Waals surface area contributed by atoms with Crippen LogP contribution in [0.3, 0.4) is 0 Å². The third kappa shape index (κ3) is 4.94. The van der Waals surface area contributed by atoms with Crippen molar-refractivity contribution < 1.29 is 4.79 Å². The molecule has 0 bridgehead atoms. The van der Waals surface area contributed by atoms with Gasteiger partial charge in [0.15, 0.2) is 0 Å². The average molecular weight is 406 g/mol. The quantitative estimate of drug-likeness (QED) is 0.425. The number of hydrogen-bond donors (Lipinski definition) is 1. The lowest BCUT2D eigenvalue weighted by Gasteiger charge is -2.07. The van der Waals surface area contributed by atoms with Crippen LogP contribution in [-0.2, 0) is 0 Å². The van der Waals surface area contributed by atoms with Gasteiger partial charge in [0.25, 0.3) is 5.91 Å². The summed E-state index contributed by atoms with van der Waals surface area (Å²) in [5.41, 5.74) is 5.28. The summed E-state index contributed by atoms with van der Waals surface area (Å²) in [6, 6.07) is 17.5. The summed E-state index contributed by atoms with van der Waals surface area (Å²) in [4.78, 5) is 12.2. The molecule has 114 valence electrons. The van der Waals surface area contributed by atoms with E-state index < -0.39 is 0 Å². The van der Waals surface area contributed by atoms with Crippen molar-refractivity contribution in [1.82, 2.24) is 5.43 Å². The molecule has 0 spiro atoms.